The van der Waals surface area contributed by atoms with E-state index in [2.05, 4.69) is 184 Å². The lowest BCUT2D eigenvalue weighted by Crippen LogP contribution is -2.14. The van der Waals surface area contributed by atoms with Crippen molar-refractivity contribution < 1.29 is 0 Å². The molecule has 278 valence electrons. The van der Waals surface area contributed by atoms with Crippen LogP contribution in [0.4, 0.5) is 0 Å². The van der Waals surface area contributed by atoms with Crippen LogP contribution in [0.25, 0.3) is 100 Å². The van der Waals surface area contributed by atoms with E-state index in [1.165, 1.54) is 22.3 Å². The van der Waals surface area contributed by atoms with E-state index in [1.807, 2.05) is 24.3 Å². The molecule has 0 saturated carbocycles. The van der Waals surface area contributed by atoms with E-state index in [1.54, 1.807) is 0 Å². The number of pyridine rings is 1. The van der Waals surface area contributed by atoms with E-state index in [0.29, 0.717) is 17.5 Å². The summed E-state index contributed by atoms with van der Waals surface area (Å²) in [4.78, 5) is 21.0. The van der Waals surface area contributed by atoms with E-state index in [4.69, 9.17) is 19.9 Å². The van der Waals surface area contributed by atoms with Crippen LogP contribution >= 0.6 is 0 Å². The van der Waals surface area contributed by atoms with Crippen molar-refractivity contribution in [2.75, 3.05) is 0 Å². The Bertz CT molecular complexity index is 3230. The third kappa shape index (κ3) is 6.00. The fourth-order valence-corrected chi connectivity index (χ4v) is 8.88. The minimum atomic E-state index is -0.145. The maximum absolute atomic E-state index is 5.37. The van der Waals surface area contributed by atoms with Gasteiger partial charge in [-0.3, -0.25) is 0 Å². The van der Waals surface area contributed by atoms with Crippen LogP contribution in [-0.4, -0.2) is 19.9 Å². The zero-order valence-corrected chi connectivity index (χ0v) is 32.8. The van der Waals surface area contributed by atoms with Crippen molar-refractivity contribution in [3.8, 4) is 78.8 Å². The Labute approximate surface area is 343 Å². The lowest BCUT2D eigenvalue weighted by molar-refractivity contribution is 0.661. The van der Waals surface area contributed by atoms with Gasteiger partial charge in [0, 0.05) is 33.1 Å². The molecule has 0 N–H and O–H groups in total. The highest BCUT2D eigenvalue weighted by Gasteiger charge is 2.36. The highest BCUT2D eigenvalue weighted by molar-refractivity contribution is 6.05. The zero-order valence-electron chi connectivity index (χ0n) is 32.8. The summed E-state index contributed by atoms with van der Waals surface area (Å²) in [5, 5.41) is 3.29. The van der Waals surface area contributed by atoms with E-state index in [9.17, 15) is 0 Å². The van der Waals surface area contributed by atoms with Crippen molar-refractivity contribution >= 4 is 21.7 Å². The summed E-state index contributed by atoms with van der Waals surface area (Å²) >= 11 is 0. The molecular formula is C55H38N4. The van der Waals surface area contributed by atoms with E-state index >= 15 is 0 Å². The maximum Gasteiger partial charge on any atom is 0.164 e. The standard InChI is InChI=1S/C55H38N4/c1-55(2)48-28-15-14-27-43(48)45-32-46-44(33-50(36-19-8-4-9-20-36)56-51(46)34-49(45)55)41-30-39-23-12-13-26-42(39)47(31-41)54-58-52(37-21-10-5-11-22-37)57-53(59-54)40-25-16-24-38(29-40)35-17-6-3-7-18-35/h3-34H,1-2H3. The summed E-state index contributed by atoms with van der Waals surface area (Å²) in [5.74, 6) is 1.87. The van der Waals surface area contributed by atoms with Crippen molar-refractivity contribution in [1.82, 2.24) is 19.9 Å². The molecule has 1 aliphatic rings. The second-order valence-electron chi connectivity index (χ2n) is 15.9. The lowest BCUT2D eigenvalue weighted by Gasteiger charge is -2.22. The third-order valence-corrected chi connectivity index (χ3v) is 11.9. The molecule has 0 radical (unpaired) electrons. The monoisotopic (exact) mass is 754 g/mol. The molecule has 8 aromatic carbocycles. The van der Waals surface area contributed by atoms with Gasteiger partial charge in [-0.05, 0) is 91.7 Å². The first-order valence-electron chi connectivity index (χ1n) is 20.1. The Morgan fingerprint density at radius 3 is 1.71 bits per heavy atom. The number of aromatic nitrogens is 4. The minimum Gasteiger partial charge on any atom is -0.248 e. The molecule has 4 heteroatoms. The van der Waals surface area contributed by atoms with Crippen LogP contribution < -0.4 is 0 Å². The van der Waals surface area contributed by atoms with Gasteiger partial charge < -0.3 is 0 Å². The van der Waals surface area contributed by atoms with Crippen LogP contribution in [0.1, 0.15) is 25.0 Å². The molecule has 0 aliphatic heterocycles. The van der Waals surface area contributed by atoms with Gasteiger partial charge in [0.15, 0.2) is 17.5 Å². The fraction of sp³-hybridized carbons (Fsp3) is 0.0545. The molecule has 10 aromatic rings. The molecule has 0 saturated heterocycles. The average molecular weight is 755 g/mol. The van der Waals surface area contributed by atoms with Gasteiger partial charge in [-0.2, -0.15) is 0 Å². The summed E-state index contributed by atoms with van der Waals surface area (Å²) < 4.78 is 0. The van der Waals surface area contributed by atoms with Gasteiger partial charge in [0.05, 0.1) is 11.2 Å². The molecule has 4 nitrogen and oxygen atoms in total. The van der Waals surface area contributed by atoms with Crippen LogP contribution in [0, 0.1) is 0 Å². The second-order valence-corrected chi connectivity index (χ2v) is 15.9. The largest absolute Gasteiger partial charge is 0.248 e. The Hall–Kier alpha value is -7.56. The van der Waals surface area contributed by atoms with Crippen molar-refractivity contribution in [1.29, 1.82) is 0 Å². The molecule has 0 bridgehead atoms. The molecule has 0 fully saturated rings. The number of rotatable bonds is 6. The van der Waals surface area contributed by atoms with E-state index in [-0.39, 0.29) is 5.41 Å². The molecule has 0 unspecified atom stereocenters. The zero-order chi connectivity index (χ0) is 39.5. The Balaban J connectivity index is 1.17. The Morgan fingerprint density at radius 1 is 0.322 bits per heavy atom. The summed E-state index contributed by atoms with van der Waals surface area (Å²) in [6.07, 6.45) is 0. The molecule has 1 aliphatic carbocycles. The van der Waals surface area contributed by atoms with E-state index < -0.39 is 0 Å². The summed E-state index contributed by atoms with van der Waals surface area (Å²) in [6, 6.07) is 68.5. The maximum atomic E-state index is 5.37. The predicted molar refractivity (Wildman–Crippen MR) is 243 cm³/mol. The topological polar surface area (TPSA) is 51.6 Å². The van der Waals surface area contributed by atoms with Crippen LogP contribution in [0.3, 0.4) is 0 Å². The minimum absolute atomic E-state index is 0.145. The summed E-state index contributed by atoms with van der Waals surface area (Å²) in [7, 11) is 0. The van der Waals surface area contributed by atoms with Crippen LogP contribution in [0.5, 0.6) is 0 Å². The van der Waals surface area contributed by atoms with Crippen molar-refractivity contribution in [3.63, 3.8) is 0 Å². The Kier molecular flexibility index (Phi) is 8.12. The van der Waals surface area contributed by atoms with Crippen LogP contribution in [0.15, 0.2) is 194 Å². The van der Waals surface area contributed by atoms with Crippen LogP contribution in [-0.2, 0) is 5.41 Å². The highest BCUT2D eigenvalue weighted by atomic mass is 15.0. The van der Waals surface area contributed by atoms with Crippen molar-refractivity contribution in [2.24, 2.45) is 0 Å². The molecule has 0 spiro atoms. The molecule has 0 atom stereocenters. The van der Waals surface area contributed by atoms with Crippen molar-refractivity contribution in [2.45, 2.75) is 19.3 Å². The molecule has 2 heterocycles. The number of hydrogen-bond donors (Lipinski definition) is 0. The highest BCUT2D eigenvalue weighted by Crippen LogP contribution is 2.51. The number of hydrogen-bond acceptors (Lipinski definition) is 4. The molecule has 2 aromatic heterocycles. The first-order chi connectivity index (χ1) is 29.0. The van der Waals surface area contributed by atoms with Gasteiger partial charge in [0.25, 0.3) is 0 Å². The summed E-state index contributed by atoms with van der Waals surface area (Å²) in [5.41, 5.74) is 15.3. The quantitative estimate of drug-likeness (QED) is 0.170. The first-order valence-corrected chi connectivity index (χ1v) is 20.1. The number of benzene rings is 8. The van der Waals surface area contributed by atoms with Crippen molar-refractivity contribution in [3.05, 3.63) is 205 Å². The molecule has 59 heavy (non-hydrogen) atoms. The molecule has 11 rings (SSSR count). The van der Waals surface area contributed by atoms with E-state index in [0.717, 1.165) is 71.9 Å². The second kappa shape index (κ2) is 13.8. The van der Waals surface area contributed by atoms with Crippen LogP contribution in [0.2, 0.25) is 0 Å². The smallest absolute Gasteiger partial charge is 0.164 e. The van der Waals surface area contributed by atoms with Gasteiger partial charge in [-0.1, -0.05) is 172 Å². The number of nitrogens with zero attached hydrogens (tertiary/aromatic N) is 4. The normalized spacial score (nSPS) is 12.7. The van der Waals surface area contributed by atoms with Gasteiger partial charge in [-0.15, -0.1) is 0 Å². The third-order valence-electron chi connectivity index (χ3n) is 11.9. The number of fused-ring (bicyclic) bond motifs is 5. The van der Waals surface area contributed by atoms with Gasteiger partial charge in [0.1, 0.15) is 0 Å². The average Bonchev–Trinajstić information content (AvgIpc) is 3.53. The molecular weight excluding hydrogens is 717 g/mol. The Morgan fingerprint density at radius 2 is 0.932 bits per heavy atom. The SMILES string of the molecule is CC1(C)c2ccccc2-c2cc3c(-c4cc(-c5nc(-c6ccccc6)nc(-c6cccc(-c7ccccc7)c6)n5)c5ccccc5c4)cc(-c4ccccc4)nc3cc21. The van der Waals surface area contributed by atoms with Gasteiger partial charge in [-0.25, -0.2) is 19.9 Å². The lowest BCUT2D eigenvalue weighted by atomic mass is 9.82. The van der Waals surface area contributed by atoms with Gasteiger partial charge >= 0.3 is 0 Å². The molecule has 0 amide bonds. The van der Waals surface area contributed by atoms with Gasteiger partial charge in [0.2, 0.25) is 0 Å². The fourth-order valence-electron chi connectivity index (χ4n) is 8.88. The predicted octanol–water partition coefficient (Wildman–Crippen LogP) is 13.9. The summed E-state index contributed by atoms with van der Waals surface area (Å²) in [6.45, 7) is 4.65. The first kappa shape index (κ1) is 34.7.